The van der Waals surface area contributed by atoms with Gasteiger partial charge in [-0.3, -0.25) is 14.4 Å². The molecule has 136 valence electrons. The van der Waals surface area contributed by atoms with Crippen molar-refractivity contribution in [2.24, 2.45) is 0 Å². The first kappa shape index (κ1) is 19.0. The highest BCUT2D eigenvalue weighted by atomic mass is 16.5. The van der Waals surface area contributed by atoms with Gasteiger partial charge in [0.05, 0.1) is 7.11 Å². The molecule has 2 aromatic rings. The molecule has 0 spiro atoms. The maximum absolute atomic E-state index is 12.3. The van der Waals surface area contributed by atoms with E-state index in [1.165, 1.54) is 18.7 Å². The first-order chi connectivity index (χ1) is 12.4. The molecule has 2 rings (SSSR count). The number of hydrogen-bond acceptors (Lipinski definition) is 4. The minimum Gasteiger partial charge on any atom is -0.497 e. The number of nitrogens with zero attached hydrogens (tertiary/aromatic N) is 1. The van der Waals surface area contributed by atoms with Crippen LogP contribution in [0.1, 0.15) is 13.8 Å². The molecule has 7 nitrogen and oxygen atoms in total. The highest BCUT2D eigenvalue weighted by Crippen LogP contribution is 2.19. The maximum atomic E-state index is 12.3. The normalized spacial score (nSPS) is 9.96. The Morgan fingerprint density at radius 2 is 1.65 bits per heavy atom. The van der Waals surface area contributed by atoms with E-state index in [1.54, 1.807) is 55.6 Å². The molecule has 3 amide bonds. The van der Waals surface area contributed by atoms with E-state index < -0.39 is 0 Å². The standard InChI is InChI=1S/C19H21N3O4/c1-13(23)20-15-7-9-17(10-8-15)22(14(2)24)12-19(25)21-16-5-4-6-18(11-16)26-3/h4-11H,12H2,1-3H3,(H,20,23)(H,21,25). The lowest BCUT2D eigenvalue weighted by Crippen LogP contribution is -2.36. The van der Waals surface area contributed by atoms with Gasteiger partial charge < -0.3 is 20.3 Å². The van der Waals surface area contributed by atoms with Crippen LogP contribution in [0.15, 0.2) is 48.5 Å². The molecule has 2 aromatic carbocycles. The quantitative estimate of drug-likeness (QED) is 0.834. The zero-order chi connectivity index (χ0) is 19.1. The molecule has 0 bridgehead atoms. The van der Waals surface area contributed by atoms with Gasteiger partial charge in [-0.2, -0.15) is 0 Å². The average Bonchev–Trinajstić information content (AvgIpc) is 2.60. The van der Waals surface area contributed by atoms with E-state index in [1.807, 2.05) is 0 Å². The molecule has 0 saturated carbocycles. The number of amides is 3. The smallest absolute Gasteiger partial charge is 0.244 e. The van der Waals surface area contributed by atoms with E-state index >= 15 is 0 Å². The summed E-state index contributed by atoms with van der Waals surface area (Å²) in [6.45, 7) is 2.67. The van der Waals surface area contributed by atoms with Crippen molar-refractivity contribution in [1.29, 1.82) is 0 Å². The van der Waals surface area contributed by atoms with Crippen LogP contribution in [0, 0.1) is 0 Å². The number of carbonyl (C=O) groups excluding carboxylic acids is 3. The zero-order valence-electron chi connectivity index (χ0n) is 14.9. The molecular weight excluding hydrogens is 334 g/mol. The first-order valence-electron chi connectivity index (χ1n) is 7.98. The summed E-state index contributed by atoms with van der Waals surface area (Å²) in [4.78, 5) is 36.7. The fourth-order valence-electron chi connectivity index (χ4n) is 2.36. The van der Waals surface area contributed by atoms with Gasteiger partial charge in [-0.05, 0) is 36.4 Å². The Balaban J connectivity index is 2.08. The number of benzene rings is 2. The molecule has 2 N–H and O–H groups in total. The fraction of sp³-hybridized carbons (Fsp3) is 0.211. The topological polar surface area (TPSA) is 87.7 Å². The van der Waals surface area contributed by atoms with Gasteiger partial charge in [-0.15, -0.1) is 0 Å². The van der Waals surface area contributed by atoms with Gasteiger partial charge in [0.1, 0.15) is 12.3 Å². The molecule has 7 heteroatoms. The predicted octanol–water partition coefficient (Wildman–Crippen LogP) is 2.65. The van der Waals surface area contributed by atoms with Gasteiger partial charge in [0.2, 0.25) is 17.7 Å². The minimum atomic E-state index is -0.334. The van der Waals surface area contributed by atoms with Crippen molar-refractivity contribution in [2.45, 2.75) is 13.8 Å². The Hall–Kier alpha value is -3.35. The van der Waals surface area contributed by atoms with Crippen LogP contribution in [0.25, 0.3) is 0 Å². The van der Waals surface area contributed by atoms with Crippen molar-refractivity contribution in [3.05, 3.63) is 48.5 Å². The molecule has 0 heterocycles. The third-order valence-corrected chi connectivity index (χ3v) is 3.53. The fourth-order valence-corrected chi connectivity index (χ4v) is 2.36. The number of anilines is 3. The van der Waals surface area contributed by atoms with Crippen LogP contribution in [0.2, 0.25) is 0 Å². The monoisotopic (exact) mass is 355 g/mol. The lowest BCUT2D eigenvalue weighted by atomic mass is 10.2. The second-order valence-electron chi connectivity index (χ2n) is 5.61. The van der Waals surface area contributed by atoms with Crippen molar-refractivity contribution in [3.8, 4) is 5.75 Å². The molecule has 0 aromatic heterocycles. The summed E-state index contributed by atoms with van der Waals surface area (Å²) in [7, 11) is 1.54. The molecule has 0 saturated heterocycles. The number of ether oxygens (including phenoxy) is 1. The molecule has 0 unspecified atom stereocenters. The Morgan fingerprint density at radius 3 is 2.23 bits per heavy atom. The van der Waals surface area contributed by atoms with Crippen molar-refractivity contribution >= 4 is 34.8 Å². The highest BCUT2D eigenvalue weighted by molar-refractivity contribution is 6.02. The summed E-state index contributed by atoms with van der Waals surface area (Å²) >= 11 is 0. The van der Waals surface area contributed by atoms with Crippen LogP contribution < -0.4 is 20.3 Å². The summed E-state index contributed by atoms with van der Waals surface area (Å²) in [5.74, 6) is -0.156. The lowest BCUT2D eigenvalue weighted by Gasteiger charge is -2.21. The van der Waals surface area contributed by atoms with E-state index in [2.05, 4.69) is 10.6 Å². The molecule has 0 aliphatic carbocycles. The minimum absolute atomic E-state index is 0.133. The Kier molecular flexibility index (Phi) is 6.32. The molecular formula is C19H21N3O4. The third kappa shape index (κ3) is 5.34. The summed E-state index contributed by atoms with van der Waals surface area (Å²) in [6, 6.07) is 13.7. The maximum Gasteiger partial charge on any atom is 0.244 e. The zero-order valence-corrected chi connectivity index (χ0v) is 14.9. The molecule has 0 fully saturated rings. The van der Waals surface area contributed by atoms with Crippen molar-refractivity contribution in [1.82, 2.24) is 0 Å². The second-order valence-corrected chi connectivity index (χ2v) is 5.61. The van der Waals surface area contributed by atoms with E-state index in [0.717, 1.165) is 0 Å². The van der Waals surface area contributed by atoms with Crippen molar-refractivity contribution in [3.63, 3.8) is 0 Å². The van der Waals surface area contributed by atoms with Crippen LogP contribution in [-0.4, -0.2) is 31.4 Å². The van der Waals surface area contributed by atoms with Gasteiger partial charge in [-0.1, -0.05) is 6.07 Å². The van der Waals surface area contributed by atoms with Gasteiger partial charge >= 0.3 is 0 Å². The number of methoxy groups -OCH3 is 1. The van der Waals surface area contributed by atoms with Crippen LogP contribution in [0.3, 0.4) is 0 Å². The Morgan fingerprint density at radius 1 is 0.962 bits per heavy atom. The van der Waals surface area contributed by atoms with E-state index in [9.17, 15) is 14.4 Å². The van der Waals surface area contributed by atoms with Crippen molar-refractivity contribution < 1.29 is 19.1 Å². The largest absolute Gasteiger partial charge is 0.497 e. The molecule has 0 radical (unpaired) electrons. The summed E-state index contributed by atoms with van der Waals surface area (Å²) in [5.41, 5.74) is 1.76. The molecule has 0 aliphatic rings. The van der Waals surface area contributed by atoms with Crippen LogP contribution in [0.4, 0.5) is 17.1 Å². The molecule has 0 atom stereocenters. The number of carbonyl (C=O) groups is 3. The van der Waals surface area contributed by atoms with Gasteiger partial charge in [-0.25, -0.2) is 0 Å². The summed E-state index contributed by atoms with van der Waals surface area (Å²) in [5, 5.41) is 5.39. The van der Waals surface area contributed by atoms with Gasteiger partial charge in [0, 0.05) is 37.0 Å². The number of rotatable bonds is 6. The van der Waals surface area contributed by atoms with Crippen LogP contribution in [-0.2, 0) is 14.4 Å². The van der Waals surface area contributed by atoms with E-state index in [0.29, 0.717) is 22.8 Å². The summed E-state index contributed by atoms with van der Waals surface area (Å²) in [6.07, 6.45) is 0. The van der Waals surface area contributed by atoms with Crippen LogP contribution >= 0.6 is 0 Å². The van der Waals surface area contributed by atoms with Crippen molar-refractivity contribution in [2.75, 3.05) is 29.2 Å². The lowest BCUT2D eigenvalue weighted by molar-refractivity contribution is -0.120. The highest BCUT2D eigenvalue weighted by Gasteiger charge is 2.16. The second kappa shape index (κ2) is 8.66. The summed E-state index contributed by atoms with van der Waals surface area (Å²) < 4.78 is 5.12. The van der Waals surface area contributed by atoms with E-state index in [-0.39, 0.29) is 24.3 Å². The average molecular weight is 355 g/mol. The van der Waals surface area contributed by atoms with Gasteiger partial charge in [0.25, 0.3) is 0 Å². The first-order valence-corrected chi connectivity index (χ1v) is 7.98. The Bertz CT molecular complexity index is 803. The SMILES string of the molecule is COc1cccc(NC(=O)CN(C(C)=O)c2ccc(NC(C)=O)cc2)c1. The Labute approximate surface area is 152 Å². The third-order valence-electron chi connectivity index (χ3n) is 3.53. The van der Waals surface area contributed by atoms with E-state index in [4.69, 9.17) is 4.74 Å². The number of hydrogen-bond donors (Lipinski definition) is 2. The van der Waals surface area contributed by atoms with Gasteiger partial charge in [0.15, 0.2) is 0 Å². The molecule has 26 heavy (non-hydrogen) atoms. The molecule has 0 aliphatic heterocycles. The predicted molar refractivity (Wildman–Crippen MR) is 100 cm³/mol. The number of nitrogens with one attached hydrogen (secondary N) is 2. The van der Waals surface area contributed by atoms with Crippen LogP contribution in [0.5, 0.6) is 5.75 Å².